The molecule has 0 spiro atoms. The monoisotopic (exact) mass is 276 g/mol. The van der Waals surface area contributed by atoms with Crippen LogP contribution in [0, 0.1) is 0 Å². The van der Waals surface area contributed by atoms with Gasteiger partial charge in [-0.15, -0.1) is 0 Å². The number of rotatable bonds is 3. The molecule has 0 aliphatic rings. The van der Waals surface area contributed by atoms with Crippen LogP contribution in [0.2, 0.25) is 0 Å². The first-order valence-corrected chi connectivity index (χ1v) is 5.57. The van der Waals surface area contributed by atoms with E-state index in [2.05, 4.69) is 25.9 Å². The number of carbonyl (C=O) groups excluding carboxylic acids is 1. The molecule has 3 nitrogen and oxygen atoms in total. The van der Waals surface area contributed by atoms with Gasteiger partial charge in [0.25, 0.3) is 0 Å². The summed E-state index contributed by atoms with van der Waals surface area (Å²) in [6, 6.07) is 5.33. The van der Waals surface area contributed by atoms with Crippen molar-refractivity contribution in [1.82, 2.24) is 9.97 Å². The molecule has 2 aromatic heterocycles. The SMILES string of the molecule is O=C(Cc1cncc(Br)c1)c1ccncc1. The van der Waals surface area contributed by atoms with Crippen molar-refractivity contribution in [2.24, 2.45) is 0 Å². The zero-order valence-corrected chi connectivity index (χ0v) is 10.0. The van der Waals surface area contributed by atoms with Crippen molar-refractivity contribution in [3.63, 3.8) is 0 Å². The van der Waals surface area contributed by atoms with Crippen LogP contribution in [0.15, 0.2) is 47.5 Å². The minimum atomic E-state index is 0.0716. The molecule has 0 saturated heterocycles. The highest BCUT2D eigenvalue weighted by atomic mass is 79.9. The predicted octanol–water partition coefficient (Wildman–Crippen LogP) is 2.66. The Kier molecular flexibility index (Phi) is 3.41. The van der Waals surface area contributed by atoms with Gasteiger partial charge in [0, 0.05) is 41.2 Å². The second kappa shape index (κ2) is 4.99. The number of hydrogen-bond acceptors (Lipinski definition) is 3. The summed E-state index contributed by atoms with van der Waals surface area (Å²) in [5, 5.41) is 0. The molecule has 0 fully saturated rings. The zero-order chi connectivity index (χ0) is 11.4. The Morgan fingerprint density at radius 2 is 1.94 bits per heavy atom. The number of nitrogens with zero attached hydrogens (tertiary/aromatic N) is 2. The van der Waals surface area contributed by atoms with Crippen molar-refractivity contribution in [3.05, 3.63) is 58.6 Å². The van der Waals surface area contributed by atoms with E-state index in [1.807, 2.05) is 6.07 Å². The van der Waals surface area contributed by atoms with Gasteiger partial charge in [0.2, 0.25) is 0 Å². The van der Waals surface area contributed by atoms with Crippen LogP contribution in [-0.4, -0.2) is 15.8 Å². The van der Waals surface area contributed by atoms with Crippen LogP contribution in [0.1, 0.15) is 15.9 Å². The normalized spacial score (nSPS) is 10.1. The van der Waals surface area contributed by atoms with Gasteiger partial charge in [0.15, 0.2) is 5.78 Å². The number of ketones is 1. The van der Waals surface area contributed by atoms with Crippen molar-refractivity contribution in [2.75, 3.05) is 0 Å². The Balaban J connectivity index is 2.14. The topological polar surface area (TPSA) is 42.9 Å². The van der Waals surface area contributed by atoms with Crippen molar-refractivity contribution in [2.45, 2.75) is 6.42 Å². The molecule has 2 aromatic rings. The first-order chi connectivity index (χ1) is 7.75. The van der Waals surface area contributed by atoms with Crippen molar-refractivity contribution in [1.29, 1.82) is 0 Å². The maximum atomic E-state index is 11.9. The minimum absolute atomic E-state index is 0.0716. The highest BCUT2D eigenvalue weighted by molar-refractivity contribution is 9.10. The van der Waals surface area contributed by atoms with Gasteiger partial charge in [0.05, 0.1) is 0 Å². The van der Waals surface area contributed by atoms with Crippen LogP contribution in [0.4, 0.5) is 0 Å². The fourth-order valence-electron chi connectivity index (χ4n) is 1.38. The van der Waals surface area contributed by atoms with E-state index in [1.165, 1.54) is 0 Å². The van der Waals surface area contributed by atoms with Gasteiger partial charge < -0.3 is 0 Å². The number of aromatic nitrogens is 2. The van der Waals surface area contributed by atoms with Gasteiger partial charge in [0.1, 0.15) is 0 Å². The van der Waals surface area contributed by atoms with Crippen LogP contribution in [0.5, 0.6) is 0 Å². The molecular formula is C12H9BrN2O. The van der Waals surface area contributed by atoms with Crippen LogP contribution in [0.3, 0.4) is 0 Å². The molecule has 0 bridgehead atoms. The molecule has 0 N–H and O–H groups in total. The van der Waals surface area contributed by atoms with E-state index in [4.69, 9.17) is 0 Å². The van der Waals surface area contributed by atoms with Gasteiger partial charge in [-0.3, -0.25) is 14.8 Å². The fraction of sp³-hybridized carbons (Fsp3) is 0.0833. The Bertz CT molecular complexity index is 499. The molecule has 2 heterocycles. The second-order valence-electron chi connectivity index (χ2n) is 3.35. The van der Waals surface area contributed by atoms with Crippen LogP contribution >= 0.6 is 15.9 Å². The van der Waals surface area contributed by atoms with Crippen molar-refractivity contribution in [3.8, 4) is 0 Å². The lowest BCUT2D eigenvalue weighted by molar-refractivity contribution is 0.0993. The maximum absolute atomic E-state index is 11.9. The number of Topliss-reactive ketones (excluding diaryl/α,β-unsaturated/α-hetero) is 1. The van der Waals surface area contributed by atoms with Crippen LogP contribution in [-0.2, 0) is 6.42 Å². The van der Waals surface area contributed by atoms with E-state index in [0.29, 0.717) is 12.0 Å². The van der Waals surface area contributed by atoms with Crippen molar-refractivity contribution < 1.29 is 4.79 Å². The highest BCUT2D eigenvalue weighted by Crippen LogP contribution is 2.12. The Labute approximate surface area is 102 Å². The standard InChI is InChI=1S/C12H9BrN2O/c13-11-5-9(7-15-8-11)6-12(16)10-1-3-14-4-2-10/h1-5,7-8H,6H2. The number of pyridine rings is 2. The summed E-state index contributed by atoms with van der Waals surface area (Å²) in [5.74, 6) is 0.0716. The van der Waals surface area contributed by atoms with Crippen LogP contribution in [0.25, 0.3) is 0 Å². The summed E-state index contributed by atoms with van der Waals surface area (Å²) >= 11 is 3.32. The first-order valence-electron chi connectivity index (χ1n) is 4.78. The summed E-state index contributed by atoms with van der Waals surface area (Å²) in [6.45, 7) is 0. The average Bonchev–Trinajstić information content (AvgIpc) is 2.30. The third-order valence-corrected chi connectivity index (χ3v) is 2.56. The number of halogens is 1. The van der Waals surface area contributed by atoms with Gasteiger partial charge in [-0.2, -0.15) is 0 Å². The Hall–Kier alpha value is -1.55. The maximum Gasteiger partial charge on any atom is 0.167 e. The molecule has 80 valence electrons. The molecule has 0 aliphatic carbocycles. The van der Waals surface area contributed by atoms with Crippen molar-refractivity contribution >= 4 is 21.7 Å². The highest BCUT2D eigenvalue weighted by Gasteiger charge is 2.06. The summed E-state index contributed by atoms with van der Waals surface area (Å²) in [5.41, 5.74) is 1.58. The van der Waals surface area contributed by atoms with E-state index >= 15 is 0 Å². The first kappa shape index (κ1) is 11.0. The molecule has 0 radical (unpaired) electrons. The molecule has 16 heavy (non-hydrogen) atoms. The van der Waals surface area contributed by atoms with E-state index in [9.17, 15) is 4.79 Å². The average molecular weight is 277 g/mol. The quantitative estimate of drug-likeness (QED) is 0.810. The van der Waals surface area contributed by atoms with Gasteiger partial charge in [-0.05, 0) is 39.7 Å². The molecular weight excluding hydrogens is 268 g/mol. The molecule has 0 aromatic carbocycles. The molecule has 0 saturated carbocycles. The largest absolute Gasteiger partial charge is 0.294 e. The third-order valence-electron chi connectivity index (χ3n) is 2.13. The fourth-order valence-corrected chi connectivity index (χ4v) is 1.79. The molecule has 0 unspecified atom stereocenters. The van der Waals surface area contributed by atoms with Gasteiger partial charge in [-0.1, -0.05) is 0 Å². The lowest BCUT2D eigenvalue weighted by Crippen LogP contribution is -2.03. The van der Waals surface area contributed by atoms with Gasteiger partial charge in [-0.25, -0.2) is 0 Å². The lowest BCUT2D eigenvalue weighted by Gasteiger charge is -2.01. The van der Waals surface area contributed by atoms with E-state index < -0.39 is 0 Å². The smallest absolute Gasteiger partial charge is 0.167 e. The van der Waals surface area contributed by atoms with E-state index in [0.717, 1.165) is 10.0 Å². The molecule has 0 amide bonds. The van der Waals surface area contributed by atoms with Crippen LogP contribution < -0.4 is 0 Å². The number of carbonyl (C=O) groups is 1. The lowest BCUT2D eigenvalue weighted by atomic mass is 10.1. The summed E-state index contributed by atoms with van der Waals surface area (Å²) in [6.07, 6.45) is 6.99. The van der Waals surface area contributed by atoms with E-state index in [1.54, 1.807) is 36.9 Å². The third kappa shape index (κ3) is 2.73. The second-order valence-corrected chi connectivity index (χ2v) is 4.26. The zero-order valence-electron chi connectivity index (χ0n) is 8.43. The predicted molar refractivity (Wildman–Crippen MR) is 64.2 cm³/mol. The van der Waals surface area contributed by atoms with E-state index in [-0.39, 0.29) is 5.78 Å². The molecule has 4 heteroatoms. The summed E-state index contributed by atoms with van der Waals surface area (Å²) in [4.78, 5) is 19.8. The summed E-state index contributed by atoms with van der Waals surface area (Å²) < 4.78 is 0.882. The molecule has 0 aliphatic heterocycles. The molecule has 0 atom stereocenters. The molecule has 2 rings (SSSR count). The number of hydrogen-bond donors (Lipinski definition) is 0. The Morgan fingerprint density at radius 1 is 1.19 bits per heavy atom. The summed E-state index contributed by atoms with van der Waals surface area (Å²) in [7, 11) is 0. The van der Waals surface area contributed by atoms with Gasteiger partial charge >= 0.3 is 0 Å². The minimum Gasteiger partial charge on any atom is -0.294 e. The Morgan fingerprint density at radius 3 is 2.62 bits per heavy atom.